The minimum atomic E-state index is 0.389. The van der Waals surface area contributed by atoms with Crippen LogP contribution in [-0.4, -0.2) is 36.9 Å². The van der Waals surface area contributed by atoms with Crippen molar-refractivity contribution in [1.29, 1.82) is 0 Å². The topological polar surface area (TPSA) is 41.6 Å². The molecule has 3 nitrogen and oxygen atoms in total. The van der Waals surface area contributed by atoms with Crippen LogP contribution < -0.4 is 5.73 Å². The SMILES string of the molecule is CC(C)C(N)=NC1CCN(C)CC1. The Morgan fingerprint density at radius 3 is 2.38 bits per heavy atom. The molecule has 0 radical (unpaired) electrons. The number of hydrogen-bond acceptors (Lipinski definition) is 2. The van der Waals surface area contributed by atoms with E-state index in [1.54, 1.807) is 0 Å². The zero-order valence-corrected chi connectivity index (χ0v) is 8.95. The van der Waals surface area contributed by atoms with E-state index in [4.69, 9.17) is 5.73 Å². The van der Waals surface area contributed by atoms with Gasteiger partial charge in [0.2, 0.25) is 0 Å². The van der Waals surface area contributed by atoms with Crippen LogP contribution in [0.1, 0.15) is 26.7 Å². The van der Waals surface area contributed by atoms with Crippen LogP contribution >= 0.6 is 0 Å². The standard InChI is InChI=1S/C10H21N3/c1-8(2)10(11)12-9-4-6-13(3)7-5-9/h8-9H,4-7H2,1-3H3,(H2,11,12). The van der Waals surface area contributed by atoms with Crippen molar-refractivity contribution >= 4 is 5.84 Å². The van der Waals surface area contributed by atoms with Crippen molar-refractivity contribution in [3.63, 3.8) is 0 Å². The normalized spacial score (nSPS) is 22.6. The molecule has 0 aromatic carbocycles. The van der Waals surface area contributed by atoms with Gasteiger partial charge in [0.05, 0.1) is 11.9 Å². The van der Waals surface area contributed by atoms with Crippen molar-refractivity contribution in [3.05, 3.63) is 0 Å². The third kappa shape index (κ3) is 3.35. The first-order valence-corrected chi connectivity index (χ1v) is 5.11. The summed E-state index contributed by atoms with van der Waals surface area (Å²) in [5.41, 5.74) is 5.82. The molecule has 0 aliphatic carbocycles. The van der Waals surface area contributed by atoms with Crippen LogP contribution in [0.2, 0.25) is 0 Å². The van der Waals surface area contributed by atoms with Gasteiger partial charge in [-0.2, -0.15) is 0 Å². The summed E-state index contributed by atoms with van der Waals surface area (Å²) in [4.78, 5) is 6.88. The summed E-state index contributed by atoms with van der Waals surface area (Å²) < 4.78 is 0. The van der Waals surface area contributed by atoms with Crippen LogP contribution in [0.5, 0.6) is 0 Å². The van der Waals surface area contributed by atoms with E-state index >= 15 is 0 Å². The third-order valence-electron chi connectivity index (χ3n) is 2.61. The quantitative estimate of drug-likeness (QED) is 0.514. The Morgan fingerprint density at radius 2 is 1.92 bits per heavy atom. The second-order valence-electron chi connectivity index (χ2n) is 4.24. The molecule has 0 unspecified atom stereocenters. The summed E-state index contributed by atoms with van der Waals surface area (Å²) in [5.74, 6) is 1.20. The highest BCUT2D eigenvalue weighted by Crippen LogP contribution is 2.12. The molecule has 0 bridgehead atoms. The van der Waals surface area contributed by atoms with Crippen LogP contribution in [0.25, 0.3) is 0 Å². The van der Waals surface area contributed by atoms with Gasteiger partial charge in [0, 0.05) is 5.92 Å². The number of aliphatic imine (C=N–C) groups is 1. The highest BCUT2D eigenvalue weighted by atomic mass is 15.1. The van der Waals surface area contributed by atoms with E-state index in [-0.39, 0.29) is 0 Å². The Kier molecular flexibility index (Phi) is 3.72. The van der Waals surface area contributed by atoms with Crippen molar-refractivity contribution < 1.29 is 0 Å². The van der Waals surface area contributed by atoms with E-state index in [9.17, 15) is 0 Å². The molecule has 0 saturated carbocycles. The van der Waals surface area contributed by atoms with Crippen LogP contribution in [0.15, 0.2) is 4.99 Å². The molecule has 1 rings (SSSR count). The predicted octanol–water partition coefficient (Wildman–Crippen LogP) is 1.09. The number of rotatable bonds is 2. The molecule has 0 aromatic rings. The van der Waals surface area contributed by atoms with Gasteiger partial charge in [-0.05, 0) is 33.0 Å². The van der Waals surface area contributed by atoms with Gasteiger partial charge in [-0.25, -0.2) is 0 Å². The first-order chi connectivity index (χ1) is 6.09. The van der Waals surface area contributed by atoms with Crippen molar-refractivity contribution in [1.82, 2.24) is 4.90 Å². The zero-order chi connectivity index (χ0) is 9.84. The smallest absolute Gasteiger partial charge is 0.0966 e. The van der Waals surface area contributed by atoms with Crippen molar-refractivity contribution in [2.24, 2.45) is 16.6 Å². The number of hydrogen-bond donors (Lipinski definition) is 1. The van der Waals surface area contributed by atoms with Crippen molar-refractivity contribution in [3.8, 4) is 0 Å². The lowest BCUT2D eigenvalue weighted by atomic mass is 10.1. The molecule has 0 aromatic heterocycles. The van der Waals surface area contributed by atoms with Crippen molar-refractivity contribution in [2.45, 2.75) is 32.7 Å². The van der Waals surface area contributed by atoms with E-state index in [0.29, 0.717) is 12.0 Å². The Hall–Kier alpha value is -0.570. The molecule has 13 heavy (non-hydrogen) atoms. The molecule has 3 heteroatoms. The summed E-state index contributed by atoms with van der Waals surface area (Å²) in [7, 11) is 2.16. The molecular weight excluding hydrogens is 162 g/mol. The van der Waals surface area contributed by atoms with Crippen LogP contribution in [-0.2, 0) is 0 Å². The second-order valence-corrected chi connectivity index (χ2v) is 4.24. The maximum Gasteiger partial charge on any atom is 0.0966 e. The maximum absolute atomic E-state index is 5.82. The summed E-state index contributed by atoms with van der Waals surface area (Å²) in [5, 5.41) is 0. The number of amidine groups is 1. The Balaban J connectivity index is 2.41. The molecule has 1 saturated heterocycles. The summed E-state index contributed by atoms with van der Waals surface area (Å²) in [6.07, 6.45) is 2.31. The summed E-state index contributed by atoms with van der Waals surface area (Å²) in [6, 6.07) is 0.471. The highest BCUT2D eigenvalue weighted by Gasteiger charge is 2.16. The fourth-order valence-corrected chi connectivity index (χ4v) is 1.48. The number of piperidine rings is 1. The van der Waals surface area contributed by atoms with Gasteiger partial charge in [0.15, 0.2) is 0 Å². The number of nitrogens with two attached hydrogens (primary N) is 1. The lowest BCUT2D eigenvalue weighted by Gasteiger charge is -2.27. The summed E-state index contributed by atoms with van der Waals surface area (Å²) in [6.45, 7) is 6.49. The second kappa shape index (κ2) is 4.61. The van der Waals surface area contributed by atoms with Gasteiger partial charge in [-0.15, -0.1) is 0 Å². The fraction of sp³-hybridized carbons (Fsp3) is 0.900. The van der Waals surface area contributed by atoms with Crippen molar-refractivity contribution in [2.75, 3.05) is 20.1 Å². The zero-order valence-electron chi connectivity index (χ0n) is 8.95. The monoisotopic (exact) mass is 183 g/mol. The molecule has 1 aliphatic rings. The van der Waals surface area contributed by atoms with E-state index in [1.165, 1.54) is 0 Å². The molecular formula is C10H21N3. The van der Waals surface area contributed by atoms with E-state index in [2.05, 4.69) is 30.8 Å². The van der Waals surface area contributed by atoms with Gasteiger partial charge in [0.1, 0.15) is 0 Å². The minimum absolute atomic E-state index is 0.389. The molecule has 0 amide bonds. The van der Waals surface area contributed by atoms with Gasteiger partial charge < -0.3 is 10.6 Å². The highest BCUT2D eigenvalue weighted by molar-refractivity contribution is 5.82. The van der Waals surface area contributed by atoms with Gasteiger partial charge >= 0.3 is 0 Å². The van der Waals surface area contributed by atoms with Gasteiger partial charge in [-0.1, -0.05) is 13.8 Å². The van der Waals surface area contributed by atoms with Gasteiger partial charge in [-0.3, -0.25) is 4.99 Å². The molecule has 0 spiro atoms. The van der Waals surface area contributed by atoms with E-state index < -0.39 is 0 Å². The Morgan fingerprint density at radius 1 is 1.38 bits per heavy atom. The van der Waals surface area contributed by atoms with Crippen LogP contribution in [0.4, 0.5) is 0 Å². The molecule has 1 aliphatic heterocycles. The maximum atomic E-state index is 5.82. The van der Waals surface area contributed by atoms with Crippen LogP contribution in [0, 0.1) is 5.92 Å². The van der Waals surface area contributed by atoms with E-state index in [0.717, 1.165) is 31.8 Å². The third-order valence-corrected chi connectivity index (χ3v) is 2.61. The molecule has 0 atom stereocenters. The number of nitrogens with zero attached hydrogens (tertiary/aromatic N) is 2. The number of likely N-dealkylation sites (tertiary alicyclic amines) is 1. The molecule has 1 fully saturated rings. The largest absolute Gasteiger partial charge is 0.387 e. The first-order valence-electron chi connectivity index (χ1n) is 5.11. The molecule has 76 valence electrons. The Bertz CT molecular complexity index is 179. The molecule has 1 heterocycles. The predicted molar refractivity (Wildman–Crippen MR) is 57.0 cm³/mol. The average Bonchev–Trinajstić information content (AvgIpc) is 2.08. The lowest BCUT2D eigenvalue weighted by molar-refractivity contribution is 0.257. The van der Waals surface area contributed by atoms with Crippen LogP contribution in [0.3, 0.4) is 0 Å². The Labute approximate surface area is 81.0 Å². The molecule has 2 N–H and O–H groups in total. The fourth-order valence-electron chi connectivity index (χ4n) is 1.48. The average molecular weight is 183 g/mol. The summed E-state index contributed by atoms with van der Waals surface area (Å²) >= 11 is 0. The first kappa shape index (κ1) is 10.5. The van der Waals surface area contributed by atoms with Gasteiger partial charge in [0.25, 0.3) is 0 Å². The lowest BCUT2D eigenvalue weighted by Crippen LogP contribution is -2.33. The van der Waals surface area contributed by atoms with E-state index in [1.807, 2.05) is 0 Å². The minimum Gasteiger partial charge on any atom is -0.387 e.